The normalized spacial score (nSPS) is 19.8. The fourth-order valence-corrected chi connectivity index (χ4v) is 7.41. The van der Waals surface area contributed by atoms with Crippen LogP contribution in [-0.2, 0) is 15.8 Å². The van der Waals surface area contributed by atoms with Crippen LogP contribution in [0.1, 0.15) is 30.5 Å². The molecule has 3 aliphatic rings. The zero-order chi connectivity index (χ0) is 35.3. The zero-order valence-corrected chi connectivity index (χ0v) is 27.3. The molecule has 2 aromatic carbocycles. The lowest BCUT2D eigenvalue weighted by molar-refractivity contribution is -0.141. The molecule has 2 amide bonds. The number of amides is 2. The first-order chi connectivity index (χ1) is 24.6. The van der Waals surface area contributed by atoms with Crippen LogP contribution in [0.3, 0.4) is 0 Å². The number of nitrogens with zero attached hydrogens (tertiary/aromatic N) is 7. The number of nitrogens with one attached hydrogen (secondary N) is 1. The third kappa shape index (κ3) is 6.24. The van der Waals surface area contributed by atoms with Gasteiger partial charge in [-0.25, -0.2) is 14.4 Å². The van der Waals surface area contributed by atoms with Gasteiger partial charge in [0.15, 0.2) is 11.6 Å². The van der Waals surface area contributed by atoms with Gasteiger partial charge in [-0.2, -0.15) is 18.3 Å². The van der Waals surface area contributed by atoms with Gasteiger partial charge in [0, 0.05) is 54.6 Å². The number of rotatable bonds is 6. The van der Waals surface area contributed by atoms with Crippen LogP contribution in [0.5, 0.6) is 0 Å². The topological polar surface area (TPSA) is 111 Å². The fourth-order valence-electron chi connectivity index (χ4n) is 7.41. The Kier molecular flexibility index (Phi) is 8.13. The molecule has 51 heavy (non-hydrogen) atoms. The van der Waals surface area contributed by atoms with Crippen molar-refractivity contribution in [2.24, 2.45) is 5.41 Å². The lowest BCUT2D eigenvalue weighted by atomic mass is 9.85. The van der Waals surface area contributed by atoms with Crippen molar-refractivity contribution in [1.29, 1.82) is 0 Å². The minimum atomic E-state index is -4.59. The molecule has 1 N–H and O–H groups in total. The molecule has 10 nitrogen and oxygen atoms in total. The molecule has 0 saturated carbocycles. The lowest BCUT2D eigenvalue weighted by Crippen LogP contribution is -2.43. The van der Waals surface area contributed by atoms with Crippen LogP contribution in [0.4, 0.5) is 23.2 Å². The van der Waals surface area contributed by atoms with Gasteiger partial charge in [0.1, 0.15) is 11.4 Å². The summed E-state index contributed by atoms with van der Waals surface area (Å²) in [6.07, 6.45) is 2.88. The summed E-state index contributed by atoms with van der Waals surface area (Å²) in [6.45, 7) is 2.96. The number of alkyl halides is 3. The highest BCUT2D eigenvalue weighted by molar-refractivity contribution is 6.03. The Bertz CT molecular complexity index is 2170. The average Bonchev–Trinajstić information content (AvgIpc) is 3.85. The Labute approximate surface area is 289 Å². The number of pyridine rings is 1. The smallest absolute Gasteiger partial charge is 0.338 e. The van der Waals surface area contributed by atoms with Crippen LogP contribution in [0.25, 0.3) is 39.1 Å². The van der Waals surface area contributed by atoms with E-state index < -0.39 is 23.1 Å². The van der Waals surface area contributed by atoms with Gasteiger partial charge in [0.2, 0.25) is 11.8 Å². The molecule has 0 aliphatic carbocycles. The van der Waals surface area contributed by atoms with E-state index in [0.717, 1.165) is 41.4 Å². The molecule has 260 valence electrons. The molecule has 8 rings (SSSR count). The van der Waals surface area contributed by atoms with Crippen molar-refractivity contribution in [2.45, 2.75) is 25.4 Å². The second-order valence-corrected chi connectivity index (χ2v) is 13.3. The standard InChI is InChI=1S/C37H32F4N8O2/c38-27-19-43-34(44-20-27)25-3-1-23(2-4-25)24-8-13-48(14-9-24)32(50)21-47-15-10-36(22-47)11-16-49(35(36)51)28-5-6-30-29(18-28)33(46-45-30)26-7-12-42-31(17-26)37(39,40)41/h1-8,12,17-20H,9-11,13-16,21-22H2,(H,45,46). The first-order valence-corrected chi connectivity index (χ1v) is 16.7. The maximum Gasteiger partial charge on any atom is 0.433 e. The molecule has 14 heteroatoms. The van der Waals surface area contributed by atoms with E-state index in [4.69, 9.17) is 0 Å². The molecule has 2 saturated heterocycles. The van der Waals surface area contributed by atoms with E-state index in [2.05, 4.69) is 36.1 Å². The maximum absolute atomic E-state index is 14.0. The molecule has 3 aliphatic heterocycles. The lowest BCUT2D eigenvalue weighted by Gasteiger charge is -2.29. The second-order valence-electron chi connectivity index (χ2n) is 13.3. The third-order valence-corrected chi connectivity index (χ3v) is 10.2. The molecule has 0 bridgehead atoms. The largest absolute Gasteiger partial charge is 0.433 e. The van der Waals surface area contributed by atoms with Gasteiger partial charge in [-0.05, 0) is 67.3 Å². The highest BCUT2D eigenvalue weighted by atomic mass is 19.4. The van der Waals surface area contributed by atoms with Crippen LogP contribution in [0.15, 0.2) is 79.3 Å². The molecule has 5 aromatic rings. The monoisotopic (exact) mass is 696 g/mol. The van der Waals surface area contributed by atoms with Gasteiger partial charge in [-0.3, -0.25) is 24.6 Å². The van der Waals surface area contributed by atoms with E-state index in [1.54, 1.807) is 17.0 Å². The van der Waals surface area contributed by atoms with E-state index in [-0.39, 0.29) is 23.9 Å². The Hall–Kier alpha value is -5.50. The predicted octanol–water partition coefficient (Wildman–Crippen LogP) is 5.98. The van der Waals surface area contributed by atoms with Crippen LogP contribution < -0.4 is 4.90 Å². The van der Waals surface area contributed by atoms with Gasteiger partial charge < -0.3 is 9.80 Å². The Morgan fingerprint density at radius 1 is 0.902 bits per heavy atom. The molecule has 6 heterocycles. The number of carbonyl (C=O) groups is 2. The van der Waals surface area contributed by atoms with Crippen molar-refractivity contribution in [2.75, 3.05) is 44.2 Å². The minimum Gasteiger partial charge on any atom is -0.338 e. The number of fused-ring (bicyclic) bond motifs is 1. The summed E-state index contributed by atoms with van der Waals surface area (Å²) >= 11 is 0. The summed E-state index contributed by atoms with van der Waals surface area (Å²) in [4.78, 5) is 44.5. The van der Waals surface area contributed by atoms with Crippen molar-refractivity contribution in [3.63, 3.8) is 0 Å². The molecule has 0 radical (unpaired) electrons. The van der Waals surface area contributed by atoms with Gasteiger partial charge >= 0.3 is 6.18 Å². The van der Waals surface area contributed by atoms with E-state index >= 15 is 0 Å². The molecule has 1 spiro atoms. The van der Waals surface area contributed by atoms with E-state index in [1.165, 1.54) is 6.07 Å². The quantitative estimate of drug-likeness (QED) is 0.218. The summed E-state index contributed by atoms with van der Waals surface area (Å²) < 4.78 is 53.2. The number of aromatic nitrogens is 5. The SMILES string of the molecule is O=C(CN1CCC2(CCN(c3ccc4[nH]nc(-c5ccnc(C(F)(F)F)c5)c4c3)C2=O)C1)N1CC=C(c2ccc(-c3ncc(F)cn3)cc2)CC1. The van der Waals surface area contributed by atoms with Gasteiger partial charge in [0.25, 0.3) is 0 Å². The van der Waals surface area contributed by atoms with Crippen LogP contribution in [0, 0.1) is 11.2 Å². The number of carbonyl (C=O) groups excluding carboxylic acids is 2. The first kappa shape index (κ1) is 32.7. The van der Waals surface area contributed by atoms with Gasteiger partial charge in [-0.15, -0.1) is 0 Å². The highest BCUT2D eigenvalue weighted by Crippen LogP contribution is 2.43. The van der Waals surface area contributed by atoms with Crippen molar-refractivity contribution in [1.82, 2.24) is 34.9 Å². The Balaban J connectivity index is 0.898. The Morgan fingerprint density at radius 3 is 2.41 bits per heavy atom. The number of anilines is 1. The van der Waals surface area contributed by atoms with Crippen molar-refractivity contribution in [3.8, 4) is 22.6 Å². The molecule has 1 unspecified atom stereocenters. The Morgan fingerprint density at radius 2 is 1.67 bits per heavy atom. The second kappa shape index (κ2) is 12.7. The number of likely N-dealkylation sites (tertiary alicyclic amines) is 1. The van der Waals surface area contributed by atoms with Gasteiger partial charge in [0.05, 0.1) is 29.9 Å². The minimum absolute atomic E-state index is 0.00679. The summed E-state index contributed by atoms with van der Waals surface area (Å²) in [6, 6.07) is 15.6. The van der Waals surface area contributed by atoms with E-state index in [9.17, 15) is 27.2 Å². The fraction of sp³-hybridized carbons (Fsp3) is 0.297. The number of aromatic amines is 1. The number of benzene rings is 2. The summed E-state index contributed by atoms with van der Waals surface area (Å²) in [5.41, 5.74) is 3.31. The highest BCUT2D eigenvalue weighted by Gasteiger charge is 2.51. The average molecular weight is 697 g/mol. The van der Waals surface area contributed by atoms with E-state index in [1.807, 2.05) is 35.2 Å². The van der Waals surface area contributed by atoms with Crippen LogP contribution in [-0.4, -0.2) is 86.0 Å². The molecular formula is C37H32F4N8O2. The van der Waals surface area contributed by atoms with Crippen molar-refractivity contribution < 1.29 is 27.2 Å². The summed E-state index contributed by atoms with van der Waals surface area (Å²) in [7, 11) is 0. The van der Waals surface area contributed by atoms with Crippen LogP contribution >= 0.6 is 0 Å². The summed E-state index contributed by atoms with van der Waals surface area (Å²) in [5, 5.41) is 7.76. The van der Waals surface area contributed by atoms with Crippen molar-refractivity contribution in [3.05, 3.63) is 96.3 Å². The third-order valence-electron chi connectivity index (χ3n) is 10.2. The molecular weight excluding hydrogens is 664 g/mol. The first-order valence-electron chi connectivity index (χ1n) is 16.7. The zero-order valence-electron chi connectivity index (χ0n) is 27.3. The van der Waals surface area contributed by atoms with Crippen molar-refractivity contribution >= 4 is 34.0 Å². The number of halogens is 4. The summed E-state index contributed by atoms with van der Waals surface area (Å²) in [5.74, 6) is -0.0159. The maximum atomic E-state index is 14.0. The number of H-pyrrole nitrogens is 1. The van der Waals surface area contributed by atoms with Gasteiger partial charge in [-0.1, -0.05) is 30.3 Å². The molecule has 1 atom stereocenters. The van der Waals surface area contributed by atoms with E-state index in [0.29, 0.717) is 80.1 Å². The predicted molar refractivity (Wildman–Crippen MR) is 181 cm³/mol. The molecule has 2 fully saturated rings. The van der Waals surface area contributed by atoms with Crippen LogP contribution in [0.2, 0.25) is 0 Å². The number of hydrogen-bond donors (Lipinski definition) is 1. The molecule has 3 aromatic heterocycles. The number of hydrogen-bond acceptors (Lipinski definition) is 7.